The van der Waals surface area contributed by atoms with Crippen LogP contribution < -0.4 is 10.6 Å². The van der Waals surface area contributed by atoms with E-state index in [0.717, 1.165) is 22.9 Å². The molecule has 0 atom stereocenters. The Kier molecular flexibility index (Phi) is 4.47. The van der Waals surface area contributed by atoms with Crippen molar-refractivity contribution in [3.63, 3.8) is 0 Å². The average Bonchev–Trinajstić information content (AvgIpc) is 2.56. The lowest BCUT2D eigenvalue weighted by Gasteiger charge is -2.13. The highest BCUT2D eigenvalue weighted by molar-refractivity contribution is 5.64. The van der Waals surface area contributed by atoms with Crippen molar-refractivity contribution < 1.29 is 0 Å². The zero-order valence-electron chi connectivity index (χ0n) is 13.2. The van der Waals surface area contributed by atoms with Gasteiger partial charge in [0, 0.05) is 35.8 Å². The number of nitrogens with zero attached hydrogens (tertiary/aromatic N) is 3. The molecule has 0 bridgehead atoms. The number of hydrogen-bond acceptors (Lipinski definition) is 5. The quantitative estimate of drug-likeness (QED) is 0.743. The van der Waals surface area contributed by atoms with Gasteiger partial charge in [0.1, 0.15) is 11.6 Å². The molecule has 0 fully saturated rings. The zero-order valence-corrected chi connectivity index (χ0v) is 13.2. The lowest BCUT2D eigenvalue weighted by molar-refractivity contribution is 0.887. The molecule has 0 aliphatic heterocycles. The van der Waals surface area contributed by atoms with Crippen LogP contribution in [0, 0.1) is 0 Å². The van der Waals surface area contributed by atoms with E-state index < -0.39 is 0 Å². The van der Waals surface area contributed by atoms with Gasteiger partial charge in [-0.25, -0.2) is 9.97 Å². The Balaban J connectivity index is 1.98. The smallest absolute Gasteiger partial charge is 0.165 e. The fourth-order valence-electron chi connectivity index (χ4n) is 2.17. The average molecular weight is 305 g/mol. The Morgan fingerprint density at radius 1 is 0.913 bits per heavy atom. The molecule has 0 unspecified atom stereocenters. The predicted octanol–water partition coefficient (Wildman–Crippen LogP) is 4.10. The van der Waals surface area contributed by atoms with Crippen molar-refractivity contribution in [2.75, 3.05) is 10.6 Å². The molecule has 0 spiro atoms. The lowest BCUT2D eigenvalue weighted by atomic mass is 10.2. The van der Waals surface area contributed by atoms with Gasteiger partial charge in [-0.3, -0.25) is 4.98 Å². The van der Waals surface area contributed by atoms with E-state index in [1.165, 1.54) is 0 Å². The van der Waals surface area contributed by atoms with Crippen LogP contribution in [-0.2, 0) is 0 Å². The summed E-state index contributed by atoms with van der Waals surface area (Å²) in [5, 5.41) is 6.65. The van der Waals surface area contributed by atoms with Crippen LogP contribution in [0.5, 0.6) is 0 Å². The van der Waals surface area contributed by atoms with Crippen molar-refractivity contribution in [2.24, 2.45) is 0 Å². The molecule has 0 saturated heterocycles. The summed E-state index contributed by atoms with van der Waals surface area (Å²) in [6.07, 6.45) is 3.50. The number of hydrogen-bond donors (Lipinski definition) is 2. The number of rotatable bonds is 5. The van der Waals surface area contributed by atoms with E-state index in [1.54, 1.807) is 12.4 Å². The minimum absolute atomic E-state index is 0.288. The molecule has 116 valence electrons. The molecule has 0 saturated carbocycles. The third-order valence-electron chi connectivity index (χ3n) is 3.13. The maximum absolute atomic E-state index is 4.60. The summed E-state index contributed by atoms with van der Waals surface area (Å²) in [6.45, 7) is 4.16. The highest BCUT2D eigenvalue weighted by atomic mass is 15.1. The van der Waals surface area contributed by atoms with Gasteiger partial charge in [0.25, 0.3) is 0 Å². The van der Waals surface area contributed by atoms with Gasteiger partial charge in [-0.15, -0.1) is 0 Å². The zero-order chi connectivity index (χ0) is 16.1. The summed E-state index contributed by atoms with van der Waals surface area (Å²) in [6, 6.07) is 16.0. The van der Waals surface area contributed by atoms with Crippen molar-refractivity contribution in [2.45, 2.75) is 19.9 Å². The maximum atomic E-state index is 4.60. The van der Waals surface area contributed by atoms with E-state index in [2.05, 4.69) is 39.4 Å². The fourth-order valence-corrected chi connectivity index (χ4v) is 2.17. The second-order valence-corrected chi connectivity index (χ2v) is 5.49. The summed E-state index contributed by atoms with van der Waals surface area (Å²) >= 11 is 0. The van der Waals surface area contributed by atoms with E-state index >= 15 is 0 Å². The standard InChI is InChI=1S/C18H19N5/c1-13(2)20-16-11-17(21-15-8-4-3-5-9-15)23-18(22-16)14-7-6-10-19-12-14/h3-13H,1-2H3,(H2,20,21,22,23). The van der Waals surface area contributed by atoms with E-state index in [-0.39, 0.29) is 6.04 Å². The second-order valence-electron chi connectivity index (χ2n) is 5.49. The number of anilines is 3. The highest BCUT2D eigenvalue weighted by Crippen LogP contribution is 2.22. The van der Waals surface area contributed by atoms with Gasteiger partial charge in [-0.05, 0) is 38.1 Å². The first kappa shape index (κ1) is 15.0. The molecule has 5 nitrogen and oxygen atoms in total. The Hall–Kier alpha value is -2.95. The number of nitrogens with one attached hydrogen (secondary N) is 2. The Morgan fingerprint density at radius 2 is 1.70 bits per heavy atom. The number of para-hydroxylation sites is 1. The lowest BCUT2D eigenvalue weighted by Crippen LogP contribution is -2.12. The summed E-state index contributed by atoms with van der Waals surface area (Å²) in [7, 11) is 0. The van der Waals surface area contributed by atoms with Crippen molar-refractivity contribution >= 4 is 17.3 Å². The summed E-state index contributed by atoms with van der Waals surface area (Å²) in [4.78, 5) is 13.3. The first-order valence-corrected chi connectivity index (χ1v) is 7.59. The monoisotopic (exact) mass is 305 g/mol. The van der Waals surface area contributed by atoms with E-state index in [4.69, 9.17) is 0 Å². The molecular formula is C18H19N5. The van der Waals surface area contributed by atoms with Crippen LogP contribution in [-0.4, -0.2) is 21.0 Å². The van der Waals surface area contributed by atoms with Crippen LogP contribution >= 0.6 is 0 Å². The molecule has 2 N–H and O–H groups in total. The summed E-state index contributed by atoms with van der Waals surface area (Å²) < 4.78 is 0. The van der Waals surface area contributed by atoms with Crippen LogP contribution in [0.4, 0.5) is 17.3 Å². The van der Waals surface area contributed by atoms with Crippen LogP contribution in [0.25, 0.3) is 11.4 Å². The van der Waals surface area contributed by atoms with Gasteiger partial charge in [-0.1, -0.05) is 18.2 Å². The largest absolute Gasteiger partial charge is 0.368 e. The Labute approximate surface area is 135 Å². The normalized spacial score (nSPS) is 10.6. The van der Waals surface area contributed by atoms with Crippen LogP contribution in [0.2, 0.25) is 0 Å². The number of aromatic nitrogens is 3. The van der Waals surface area contributed by atoms with Crippen LogP contribution in [0.1, 0.15) is 13.8 Å². The highest BCUT2D eigenvalue weighted by Gasteiger charge is 2.08. The van der Waals surface area contributed by atoms with Gasteiger partial charge in [0.2, 0.25) is 0 Å². The maximum Gasteiger partial charge on any atom is 0.165 e. The van der Waals surface area contributed by atoms with Gasteiger partial charge in [-0.2, -0.15) is 0 Å². The summed E-state index contributed by atoms with van der Waals surface area (Å²) in [5.74, 6) is 2.17. The molecule has 0 radical (unpaired) electrons. The molecular weight excluding hydrogens is 286 g/mol. The molecule has 1 aromatic carbocycles. The van der Waals surface area contributed by atoms with E-state index in [1.807, 2.05) is 48.5 Å². The third-order valence-corrected chi connectivity index (χ3v) is 3.13. The first-order chi connectivity index (χ1) is 11.2. The molecule has 0 aliphatic carbocycles. The van der Waals surface area contributed by atoms with Crippen molar-refractivity contribution in [3.8, 4) is 11.4 Å². The Morgan fingerprint density at radius 3 is 2.39 bits per heavy atom. The third kappa shape index (κ3) is 4.03. The minimum Gasteiger partial charge on any atom is -0.368 e. The molecule has 3 rings (SSSR count). The molecule has 3 aromatic rings. The molecule has 2 heterocycles. The predicted molar refractivity (Wildman–Crippen MR) is 93.7 cm³/mol. The van der Waals surface area contributed by atoms with Gasteiger partial charge in [0.05, 0.1) is 0 Å². The minimum atomic E-state index is 0.288. The summed E-state index contributed by atoms with van der Waals surface area (Å²) in [5.41, 5.74) is 1.87. The molecule has 0 aliphatic rings. The van der Waals surface area contributed by atoms with Crippen LogP contribution in [0.3, 0.4) is 0 Å². The topological polar surface area (TPSA) is 62.7 Å². The van der Waals surface area contributed by atoms with E-state index in [9.17, 15) is 0 Å². The molecule has 5 heteroatoms. The van der Waals surface area contributed by atoms with Crippen LogP contribution in [0.15, 0.2) is 60.9 Å². The van der Waals surface area contributed by atoms with Crippen molar-refractivity contribution in [3.05, 3.63) is 60.9 Å². The van der Waals surface area contributed by atoms with Crippen molar-refractivity contribution in [1.29, 1.82) is 0 Å². The Bertz CT molecular complexity index is 757. The second kappa shape index (κ2) is 6.87. The SMILES string of the molecule is CC(C)Nc1cc(Nc2ccccc2)nc(-c2cccnc2)n1. The molecule has 0 amide bonds. The molecule has 2 aromatic heterocycles. The van der Waals surface area contributed by atoms with E-state index in [0.29, 0.717) is 5.82 Å². The van der Waals surface area contributed by atoms with Gasteiger partial charge in [0.15, 0.2) is 5.82 Å². The molecule has 23 heavy (non-hydrogen) atoms. The van der Waals surface area contributed by atoms with Gasteiger partial charge < -0.3 is 10.6 Å². The number of pyridine rings is 1. The van der Waals surface area contributed by atoms with Crippen molar-refractivity contribution in [1.82, 2.24) is 15.0 Å². The van der Waals surface area contributed by atoms with Gasteiger partial charge >= 0.3 is 0 Å². The fraction of sp³-hybridized carbons (Fsp3) is 0.167. The number of benzene rings is 1. The first-order valence-electron chi connectivity index (χ1n) is 7.59.